The van der Waals surface area contributed by atoms with E-state index in [1.807, 2.05) is 4.90 Å². The molecule has 3 fully saturated rings. The number of hydrogen-bond acceptors (Lipinski definition) is 3. The van der Waals surface area contributed by atoms with E-state index in [1.54, 1.807) is 24.0 Å². The van der Waals surface area contributed by atoms with Crippen LogP contribution in [0.3, 0.4) is 0 Å². The van der Waals surface area contributed by atoms with Gasteiger partial charge in [0.1, 0.15) is 5.69 Å². The Morgan fingerprint density at radius 1 is 1.19 bits per heavy atom. The van der Waals surface area contributed by atoms with Gasteiger partial charge in [0.2, 0.25) is 5.91 Å². The molecule has 4 rings (SSSR count). The minimum Gasteiger partial charge on any atom is -0.342 e. The summed E-state index contributed by atoms with van der Waals surface area (Å²) in [7, 11) is 1.79. The molecule has 0 radical (unpaired) electrons. The molecule has 0 aromatic carbocycles. The standard InChI is InChI=1S/C21H32N4O2/c1-23-18(8-12-22-23)19(26)25-15-11-21(16-25)10-5-13-24(20(21)27)14-9-17-6-3-2-4-7-17/h8,12,17H,2-7,9-11,13-16H2,1H3/t21-/m1/s1. The number of aryl methyl sites for hydroxylation is 1. The number of likely N-dealkylation sites (tertiary alicyclic amines) is 2. The third-order valence-corrected chi connectivity index (χ3v) is 7.04. The van der Waals surface area contributed by atoms with Crippen LogP contribution in [0.15, 0.2) is 12.3 Å². The molecule has 0 N–H and O–H groups in total. The van der Waals surface area contributed by atoms with Gasteiger partial charge in [-0.15, -0.1) is 0 Å². The molecule has 1 atom stereocenters. The lowest BCUT2D eigenvalue weighted by atomic mass is 9.78. The molecule has 27 heavy (non-hydrogen) atoms. The van der Waals surface area contributed by atoms with Crippen LogP contribution in [0, 0.1) is 11.3 Å². The van der Waals surface area contributed by atoms with E-state index in [-0.39, 0.29) is 11.3 Å². The Hall–Kier alpha value is -1.85. The minimum absolute atomic E-state index is 0.000922. The minimum atomic E-state index is -0.348. The van der Waals surface area contributed by atoms with Crippen LogP contribution in [-0.2, 0) is 11.8 Å². The van der Waals surface area contributed by atoms with E-state index in [1.165, 1.54) is 32.1 Å². The fraction of sp³-hybridized carbons (Fsp3) is 0.762. The normalized spacial score (nSPS) is 26.9. The van der Waals surface area contributed by atoms with Gasteiger partial charge in [0, 0.05) is 39.4 Å². The van der Waals surface area contributed by atoms with Crippen LogP contribution < -0.4 is 0 Å². The van der Waals surface area contributed by atoms with E-state index in [9.17, 15) is 9.59 Å². The van der Waals surface area contributed by atoms with Gasteiger partial charge >= 0.3 is 0 Å². The topological polar surface area (TPSA) is 58.4 Å². The molecule has 6 nitrogen and oxygen atoms in total. The molecular formula is C21H32N4O2. The molecular weight excluding hydrogens is 340 g/mol. The molecule has 1 aromatic rings. The maximum Gasteiger partial charge on any atom is 0.272 e. The van der Waals surface area contributed by atoms with E-state index >= 15 is 0 Å². The number of nitrogens with zero attached hydrogens (tertiary/aromatic N) is 4. The zero-order valence-corrected chi connectivity index (χ0v) is 16.5. The highest BCUT2D eigenvalue weighted by Crippen LogP contribution is 2.41. The van der Waals surface area contributed by atoms with Gasteiger partial charge in [-0.25, -0.2) is 0 Å². The molecule has 2 amide bonds. The van der Waals surface area contributed by atoms with Gasteiger partial charge in [0.25, 0.3) is 5.91 Å². The Morgan fingerprint density at radius 3 is 2.74 bits per heavy atom. The largest absolute Gasteiger partial charge is 0.342 e. The van der Waals surface area contributed by atoms with Gasteiger partial charge in [0.05, 0.1) is 5.41 Å². The average molecular weight is 373 g/mol. The van der Waals surface area contributed by atoms with Crippen LogP contribution in [0.25, 0.3) is 0 Å². The number of aromatic nitrogens is 2. The lowest BCUT2D eigenvalue weighted by molar-refractivity contribution is -0.145. The Bertz CT molecular complexity index is 694. The number of amides is 2. The summed E-state index contributed by atoms with van der Waals surface area (Å²) in [6.45, 7) is 3.03. The highest BCUT2D eigenvalue weighted by Gasteiger charge is 2.49. The Morgan fingerprint density at radius 2 is 2.00 bits per heavy atom. The van der Waals surface area contributed by atoms with Crippen LogP contribution >= 0.6 is 0 Å². The second-order valence-corrected chi connectivity index (χ2v) is 8.79. The lowest BCUT2D eigenvalue weighted by Crippen LogP contribution is -2.50. The SMILES string of the molecule is Cn1nccc1C(=O)N1CC[C@]2(CCCN(CCC3CCCCC3)C2=O)C1. The number of piperidine rings is 1. The zero-order chi connectivity index (χ0) is 18.9. The molecule has 3 heterocycles. The summed E-state index contributed by atoms with van der Waals surface area (Å²) in [5.41, 5.74) is 0.253. The van der Waals surface area contributed by atoms with Crippen molar-refractivity contribution in [1.82, 2.24) is 19.6 Å². The first kappa shape index (κ1) is 18.5. The van der Waals surface area contributed by atoms with Gasteiger partial charge in [-0.05, 0) is 37.7 Å². The van der Waals surface area contributed by atoms with Gasteiger partial charge in [0.15, 0.2) is 0 Å². The second kappa shape index (κ2) is 7.64. The molecule has 1 saturated carbocycles. The summed E-state index contributed by atoms with van der Waals surface area (Å²) in [5.74, 6) is 1.10. The van der Waals surface area contributed by atoms with Gasteiger partial charge in [-0.3, -0.25) is 14.3 Å². The first-order valence-corrected chi connectivity index (χ1v) is 10.7. The molecule has 1 aliphatic carbocycles. The number of rotatable bonds is 4. The van der Waals surface area contributed by atoms with Crippen LogP contribution in [0.5, 0.6) is 0 Å². The molecule has 6 heteroatoms. The fourth-order valence-corrected chi connectivity index (χ4v) is 5.35. The van der Waals surface area contributed by atoms with E-state index in [0.29, 0.717) is 24.7 Å². The average Bonchev–Trinajstić information content (AvgIpc) is 3.31. The van der Waals surface area contributed by atoms with E-state index in [0.717, 1.165) is 44.7 Å². The number of hydrogen-bond donors (Lipinski definition) is 0. The predicted molar refractivity (Wildman–Crippen MR) is 103 cm³/mol. The zero-order valence-electron chi connectivity index (χ0n) is 16.5. The van der Waals surface area contributed by atoms with Gasteiger partial charge in [-0.1, -0.05) is 32.1 Å². The van der Waals surface area contributed by atoms with Crippen molar-refractivity contribution in [3.63, 3.8) is 0 Å². The summed E-state index contributed by atoms with van der Waals surface area (Å²) < 4.78 is 1.62. The molecule has 1 spiro atoms. The lowest BCUT2D eigenvalue weighted by Gasteiger charge is -2.40. The number of carbonyl (C=O) groups excluding carboxylic acids is 2. The first-order valence-electron chi connectivity index (χ1n) is 10.7. The molecule has 0 unspecified atom stereocenters. The molecule has 1 aromatic heterocycles. The van der Waals surface area contributed by atoms with Crippen LogP contribution in [0.1, 0.15) is 68.3 Å². The molecule has 148 valence electrons. The van der Waals surface area contributed by atoms with Crippen LogP contribution in [0.4, 0.5) is 0 Å². The highest BCUT2D eigenvalue weighted by molar-refractivity contribution is 5.94. The second-order valence-electron chi connectivity index (χ2n) is 8.79. The van der Waals surface area contributed by atoms with Gasteiger partial charge < -0.3 is 9.80 Å². The quantitative estimate of drug-likeness (QED) is 0.817. The highest BCUT2D eigenvalue weighted by atomic mass is 16.2. The Labute approximate surface area is 161 Å². The summed E-state index contributed by atoms with van der Waals surface area (Å²) in [4.78, 5) is 30.1. The fourth-order valence-electron chi connectivity index (χ4n) is 5.35. The summed E-state index contributed by atoms with van der Waals surface area (Å²) in [6.07, 6.45) is 12.3. The maximum absolute atomic E-state index is 13.3. The number of carbonyl (C=O) groups is 2. The Balaban J connectivity index is 1.38. The molecule has 2 saturated heterocycles. The van der Waals surface area contributed by atoms with Crippen molar-refractivity contribution in [3.05, 3.63) is 18.0 Å². The van der Waals surface area contributed by atoms with Crippen molar-refractivity contribution >= 4 is 11.8 Å². The van der Waals surface area contributed by atoms with Crippen molar-refractivity contribution in [2.24, 2.45) is 18.4 Å². The van der Waals surface area contributed by atoms with E-state index in [4.69, 9.17) is 0 Å². The Kier molecular flexibility index (Phi) is 5.24. The van der Waals surface area contributed by atoms with Crippen molar-refractivity contribution in [3.8, 4) is 0 Å². The predicted octanol–water partition coefficient (Wildman–Crippen LogP) is 2.85. The van der Waals surface area contributed by atoms with Crippen LogP contribution in [-0.4, -0.2) is 57.6 Å². The summed E-state index contributed by atoms with van der Waals surface area (Å²) in [6, 6.07) is 1.76. The summed E-state index contributed by atoms with van der Waals surface area (Å²) >= 11 is 0. The van der Waals surface area contributed by atoms with Crippen molar-refractivity contribution in [2.75, 3.05) is 26.2 Å². The van der Waals surface area contributed by atoms with E-state index in [2.05, 4.69) is 10.00 Å². The van der Waals surface area contributed by atoms with Crippen molar-refractivity contribution in [2.45, 2.75) is 57.8 Å². The van der Waals surface area contributed by atoms with Gasteiger partial charge in [-0.2, -0.15) is 5.10 Å². The van der Waals surface area contributed by atoms with Crippen molar-refractivity contribution < 1.29 is 9.59 Å². The van der Waals surface area contributed by atoms with Crippen molar-refractivity contribution in [1.29, 1.82) is 0 Å². The van der Waals surface area contributed by atoms with E-state index < -0.39 is 0 Å². The third-order valence-electron chi connectivity index (χ3n) is 7.04. The molecule has 3 aliphatic rings. The third kappa shape index (κ3) is 3.63. The smallest absolute Gasteiger partial charge is 0.272 e. The maximum atomic E-state index is 13.3. The first-order chi connectivity index (χ1) is 13.1. The summed E-state index contributed by atoms with van der Waals surface area (Å²) in [5, 5.41) is 4.10. The monoisotopic (exact) mass is 372 g/mol. The molecule has 2 aliphatic heterocycles. The van der Waals surface area contributed by atoms with Crippen LogP contribution in [0.2, 0.25) is 0 Å². The molecule has 0 bridgehead atoms.